The zero-order valence-electron chi connectivity index (χ0n) is 12.7. The van der Waals surface area contributed by atoms with Crippen molar-refractivity contribution >= 4 is 17.0 Å². The minimum Gasteiger partial charge on any atom is -0.478 e. The number of carbonyl (C=O) groups is 1. The van der Waals surface area contributed by atoms with Crippen molar-refractivity contribution in [3.8, 4) is 0 Å². The van der Waals surface area contributed by atoms with Crippen LogP contribution in [0.3, 0.4) is 0 Å². The van der Waals surface area contributed by atoms with E-state index in [-0.39, 0.29) is 11.5 Å². The van der Waals surface area contributed by atoms with Gasteiger partial charge in [-0.3, -0.25) is 0 Å². The molecule has 0 fully saturated rings. The molecule has 0 aliphatic rings. The van der Waals surface area contributed by atoms with Crippen LogP contribution in [0.25, 0.3) is 11.0 Å². The topological polar surface area (TPSA) is 55.1 Å². The number of nitrogens with zero attached hydrogens (tertiary/aromatic N) is 2. The Morgan fingerprint density at radius 2 is 1.91 bits per heavy atom. The highest BCUT2D eigenvalue weighted by atomic mass is 16.4. The Balaban J connectivity index is 2.14. The fourth-order valence-corrected chi connectivity index (χ4v) is 2.65. The van der Waals surface area contributed by atoms with Crippen LogP contribution in [-0.4, -0.2) is 20.6 Å². The molecule has 0 spiro atoms. The van der Waals surface area contributed by atoms with Crippen LogP contribution in [0.1, 0.15) is 41.5 Å². The minimum absolute atomic E-state index is 0.268. The van der Waals surface area contributed by atoms with E-state index in [1.165, 1.54) is 5.56 Å². The summed E-state index contributed by atoms with van der Waals surface area (Å²) in [7, 11) is 0. The number of hydrogen-bond donors (Lipinski definition) is 1. The van der Waals surface area contributed by atoms with E-state index in [0.29, 0.717) is 0 Å². The molecule has 22 heavy (non-hydrogen) atoms. The third kappa shape index (κ3) is 2.60. The molecule has 1 heterocycles. The maximum absolute atomic E-state index is 11.1. The van der Waals surface area contributed by atoms with Crippen LogP contribution < -0.4 is 0 Å². The Bertz CT molecular complexity index is 820. The van der Waals surface area contributed by atoms with E-state index in [9.17, 15) is 4.79 Å². The van der Waals surface area contributed by atoms with Crippen molar-refractivity contribution in [1.82, 2.24) is 9.55 Å². The minimum atomic E-state index is -0.925. The molecule has 0 amide bonds. The van der Waals surface area contributed by atoms with E-state index in [2.05, 4.69) is 35.5 Å². The molecule has 4 heteroatoms. The maximum Gasteiger partial charge on any atom is 0.335 e. The van der Waals surface area contributed by atoms with Crippen LogP contribution in [0.15, 0.2) is 48.5 Å². The smallest absolute Gasteiger partial charge is 0.335 e. The number of aromatic carboxylic acids is 1. The molecule has 3 rings (SSSR count). The molecule has 0 bridgehead atoms. The van der Waals surface area contributed by atoms with E-state index in [4.69, 9.17) is 5.11 Å². The number of imidazole rings is 1. The average molecular weight is 294 g/mol. The monoisotopic (exact) mass is 294 g/mol. The van der Waals surface area contributed by atoms with Crippen LogP contribution in [0.4, 0.5) is 0 Å². The third-order valence-corrected chi connectivity index (χ3v) is 3.72. The second-order valence-electron chi connectivity index (χ2n) is 5.71. The predicted octanol–water partition coefficient (Wildman–Crippen LogP) is 3.91. The maximum atomic E-state index is 11.1. The van der Waals surface area contributed by atoms with Gasteiger partial charge < -0.3 is 9.67 Å². The van der Waals surface area contributed by atoms with Crippen molar-refractivity contribution in [3.63, 3.8) is 0 Å². The summed E-state index contributed by atoms with van der Waals surface area (Å²) in [5, 5.41) is 9.13. The number of carboxylic acid groups (broad SMARTS) is 1. The lowest BCUT2D eigenvalue weighted by molar-refractivity contribution is 0.0697. The molecule has 1 aromatic heterocycles. The Hall–Kier alpha value is -2.62. The molecule has 0 atom stereocenters. The highest BCUT2D eigenvalue weighted by Crippen LogP contribution is 2.24. The molecule has 0 unspecified atom stereocenters. The largest absolute Gasteiger partial charge is 0.478 e. The molecule has 3 aromatic rings. The first-order valence-electron chi connectivity index (χ1n) is 7.33. The number of benzene rings is 2. The van der Waals surface area contributed by atoms with Crippen molar-refractivity contribution in [2.75, 3.05) is 0 Å². The van der Waals surface area contributed by atoms with Gasteiger partial charge in [-0.1, -0.05) is 44.2 Å². The quantitative estimate of drug-likeness (QED) is 0.793. The fraction of sp³-hybridized carbons (Fsp3) is 0.222. The second kappa shape index (κ2) is 5.64. The Kier molecular flexibility index (Phi) is 3.67. The van der Waals surface area contributed by atoms with Crippen molar-refractivity contribution < 1.29 is 9.90 Å². The molecular formula is C18H18N2O2. The van der Waals surface area contributed by atoms with Gasteiger partial charge in [0.1, 0.15) is 5.82 Å². The first-order chi connectivity index (χ1) is 10.6. The number of carboxylic acids is 1. The van der Waals surface area contributed by atoms with Gasteiger partial charge in [0.25, 0.3) is 0 Å². The first-order valence-corrected chi connectivity index (χ1v) is 7.33. The van der Waals surface area contributed by atoms with Gasteiger partial charge in [0, 0.05) is 12.5 Å². The fourth-order valence-electron chi connectivity index (χ4n) is 2.65. The normalized spacial score (nSPS) is 11.2. The summed E-state index contributed by atoms with van der Waals surface area (Å²) in [6, 6.07) is 15.3. The molecule has 0 aliphatic heterocycles. The highest BCUT2D eigenvalue weighted by Gasteiger charge is 2.15. The molecule has 1 N–H and O–H groups in total. The predicted molar refractivity (Wildman–Crippen MR) is 86.3 cm³/mol. The molecule has 0 saturated heterocycles. The standard InChI is InChI=1S/C18H18N2O2/c1-12(2)17-19-15-10-14(18(21)22)8-9-16(15)20(17)11-13-6-4-3-5-7-13/h3-10,12H,11H2,1-2H3,(H,21,22). The summed E-state index contributed by atoms with van der Waals surface area (Å²) in [5.41, 5.74) is 3.18. The highest BCUT2D eigenvalue weighted by molar-refractivity contribution is 5.92. The van der Waals surface area contributed by atoms with Gasteiger partial charge in [-0.05, 0) is 23.8 Å². The Morgan fingerprint density at radius 3 is 2.55 bits per heavy atom. The van der Waals surface area contributed by atoms with Crippen LogP contribution >= 0.6 is 0 Å². The second-order valence-corrected chi connectivity index (χ2v) is 5.71. The van der Waals surface area contributed by atoms with Crippen LogP contribution in [0.5, 0.6) is 0 Å². The Labute approximate surface area is 129 Å². The van der Waals surface area contributed by atoms with Crippen LogP contribution in [-0.2, 0) is 6.54 Å². The summed E-state index contributed by atoms with van der Waals surface area (Å²) in [6.07, 6.45) is 0. The lowest BCUT2D eigenvalue weighted by Gasteiger charge is -2.11. The van der Waals surface area contributed by atoms with Gasteiger partial charge in [-0.15, -0.1) is 0 Å². The Morgan fingerprint density at radius 1 is 1.18 bits per heavy atom. The van der Waals surface area contributed by atoms with Crippen LogP contribution in [0.2, 0.25) is 0 Å². The summed E-state index contributed by atoms with van der Waals surface area (Å²) in [4.78, 5) is 15.8. The van der Waals surface area contributed by atoms with Crippen molar-refractivity contribution in [2.45, 2.75) is 26.3 Å². The van der Waals surface area contributed by atoms with E-state index in [0.717, 1.165) is 23.4 Å². The van der Waals surface area contributed by atoms with Gasteiger partial charge >= 0.3 is 5.97 Å². The zero-order chi connectivity index (χ0) is 15.7. The summed E-state index contributed by atoms with van der Waals surface area (Å²) in [6.45, 7) is 4.93. The SMILES string of the molecule is CC(C)c1nc2cc(C(=O)O)ccc2n1Cc1ccccc1. The van der Waals surface area contributed by atoms with E-state index < -0.39 is 5.97 Å². The van der Waals surface area contributed by atoms with Gasteiger partial charge in [-0.25, -0.2) is 9.78 Å². The lowest BCUT2D eigenvalue weighted by atomic mass is 10.1. The van der Waals surface area contributed by atoms with E-state index in [1.807, 2.05) is 24.3 Å². The van der Waals surface area contributed by atoms with Gasteiger partial charge in [-0.2, -0.15) is 0 Å². The molecule has 4 nitrogen and oxygen atoms in total. The molecule has 0 saturated carbocycles. The summed E-state index contributed by atoms with van der Waals surface area (Å²) < 4.78 is 2.17. The van der Waals surface area contributed by atoms with Gasteiger partial charge in [0.05, 0.1) is 16.6 Å². The van der Waals surface area contributed by atoms with E-state index >= 15 is 0 Å². The first kappa shape index (κ1) is 14.3. The molecule has 112 valence electrons. The van der Waals surface area contributed by atoms with Crippen LogP contribution in [0, 0.1) is 0 Å². The molecule has 2 aromatic carbocycles. The average Bonchev–Trinajstić information content (AvgIpc) is 2.86. The molecule has 0 aliphatic carbocycles. The number of hydrogen-bond acceptors (Lipinski definition) is 2. The van der Waals surface area contributed by atoms with Gasteiger partial charge in [0.15, 0.2) is 0 Å². The summed E-state index contributed by atoms with van der Waals surface area (Å²) >= 11 is 0. The van der Waals surface area contributed by atoms with Crippen molar-refractivity contribution in [2.24, 2.45) is 0 Å². The zero-order valence-corrected chi connectivity index (χ0v) is 12.7. The lowest BCUT2D eigenvalue weighted by Crippen LogP contribution is -2.06. The number of rotatable bonds is 4. The summed E-state index contributed by atoms with van der Waals surface area (Å²) in [5.74, 6) is 0.316. The molecule has 0 radical (unpaired) electrons. The van der Waals surface area contributed by atoms with Crippen molar-refractivity contribution in [3.05, 3.63) is 65.5 Å². The van der Waals surface area contributed by atoms with Crippen molar-refractivity contribution in [1.29, 1.82) is 0 Å². The van der Waals surface area contributed by atoms with Gasteiger partial charge in [0.2, 0.25) is 0 Å². The number of fused-ring (bicyclic) bond motifs is 1. The molecular weight excluding hydrogens is 276 g/mol. The number of aromatic nitrogens is 2. The van der Waals surface area contributed by atoms with E-state index in [1.54, 1.807) is 12.1 Å². The third-order valence-electron chi connectivity index (χ3n) is 3.72.